The third kappa shape index (κ3) is 2.44. The van der Waals surface area contributed by atoms with Crippen LogP contribution in [0.15, 0.2) is 0 Å². The summed E-state index contributed by atoms with van der Waals surface area (Å²) in [6, 6.07) is 0.221. The van der Waals surface area contributed by atoms with Crippen molar-refractivity contribution in [3.63, 3.8) is 0 Å². The highest BCUT2D eigenvalue weighted by atomic mass is 16.5. The first-order valence-electron chi connectivity index (χ1n) is 4.78. The van der Waals surface area contributed by atoms with Crippen molar-refractivity contribution in [1.29, 1.82) is 0 Å². The standard InChI is InChI=1S/C10H19NO2/c1-8(12)11-5-6-13-7-9(11)10(2,3)4/h9H,5-7H2,1-4H3. The molecule has 0 bridgehead atoms. The van der Waals surface area contributed by atoms with E-state index in [0.717, 1.165) is 6.54 Å². The van der Waals surface area contributed by atoms with Crippen LogP contribution in [0.25, 0.3) is 0 Å². The molecule has 1 saturated heterocycles. The summed E-state index contributed by atoms with van der Waals surface area (Å²) in [5, 5.41) is 0. The van der Waals surface area contributed by atoms with Gasteiger partial charge in [-0.25, -0.2) is 0 Å². The molecule has 0 N–H and O–H groups in total. The van der Waals surface area contributed by atoms with E-state index in [1.54, 1.807) is 6.92 Å². The van der Waals surface area contributed by atoms with Gasteiger partial charge in [-0.15, -0.1) is 0 Å². The van der Waals surface area contributed by atoms with Crippen LogP contribution in [0.1, 0.15) is 27.7 Å². The Morgan fingerprint density at radius 3 is 2.46 bits per heavy atom. The number of nitrogens with zero attached hydrogens (tertiary/aromatic N) is 1. The first kappa shape index (κ1) is 10.5. The quantitative estimate of drug-likeness (QED) is 0.569. The van der Waals surface area contributed by atoms with Gasteiger partial charge < -0.3 is 9.64 Å². The van der Waals surface area contributed by atoms with Gasteiger partial charge in [0.1, 0.15) is 0 Å². The molecule has 0 aromatic heterocycles. The molecule has 0 aliphatic carbocycles. The van der Waals surface area contributed by atoms with Crippen LogP contribution < -0.4 is 0 Å². The van der Waals surface area contributed by atoms with E-state index in [1.165, 1.54) is 0 Å². The molecule has 0 spiro atoms. The number of morpholine rings is 1. The molecular formula is C10H19NO2. The second kappa shape index (κ2) is 3.66. The molecule has 1 aliphatic rings. The molecule has 0 radical (unpaired) electrons. The zero-order valence-electron chi connectivity index (χ0n) is 8.96. The average molecular weight is 185 g/mol. The smallest absolute Gasteiger partial charge is 0.219 e. The van der Waals surface area contributed by atoms with Crippen molar-refractivity contribution >= 4 is 5.91 Å². The molecule has 1 atom stereocenters. The molecule has 1 amide bonds. The van der Waals surface area contributed by atoms with E-state index in [9.17, 15) is 4.79 Å². The Morgan fingerprint density at radius 2 is 2.08 bits per heavy atom. The number of ether oxygens (including phenoxy) is 1. The van der Waals surface area contributed by atoms with Gasteiger partial charge in [0.25, 0.3) is 0 Å². The number of carbonyl (C=O) groups excluding carboxylic acids is 1. The lowest BCUT2D eigenvalue weighted by Crippen LogP contribution is -2.53. The highest BCUT2D eigenvalue weighted by molar-refractivity contribution is 5.73. The van der Waals surface area contributed by atoms with Crippen LogP contribution in [-0.4, -0.2) is 36.6 Å². The highest BCUT2D eigenvalue weighted by Crippen LogP contribution is 2.26. The summed E-state index contributed by atoms with van der Waals surface area (Å²) < 4.78 is 5.40. The van der Waals surface area contributed by atoms with Crippen molar-refractivity contribution in [1.82, 2.24) is 4.90 Å². The Labute approximate surface area is 80.1 Å². The van der Waals surface area contributed by atoms with Crippen molar-refractivity contribution in [3.8, 4) is 0 Å². The molecule has 3 nitrogen and oxygen atoms in total. The molecule has 0 saturated carbocycles. The van der Waals surface area contributed by atoms with Crippen LogP contribution in [0, 0.1) is 5.41 Å². The summed E-state index contributed by atoms with van der Waals surface area (Å²) in [4.78, 5) is 13.2. The van der Waals surface area contributed by atoms with Crippen LogP contribution in [0.2, 0.25) is 0 Å². The second-order valence-electron chi connectivity index (χ2n) is 4.67. The fourth-order valence-corrected chi connectivity index (χ4v) is 1.70. The molecular weight excluding hydrogens is 166 g/mol. The molecule has 76 valence electrons. The SMILES string of the molecule is CC(=O)N1CCOCC1C(C)(C)C. The van der Waals surface area contributed by atoms with Gasteiger partial charge >= 0.3 is 0 Å². The first-order valence-corrected chi connectivity index (χ1v) is 4.78. The fourth-order valence-electron chi connectivity index (χ4n) is 1.70. The van der Waals surface area contributed by atoms with E-state index in [4.69, 9.17) is 4.74 Å². The predicted octanol–water partition coefficient (Wildman–Crippen LogP) is 1.28. The normalized spacial score (nSPS) is 24.6. The first-order chi connectivity index (χ1) is 5.93. The third-order valence-electron chi connectivity index (χ3n) is 2.53. The van der Waals surface area contributed by atoms with Crippen LogP contribution in [-0.2, 0) is 9.53 Å². The van der Waals surface area contributed by atoms with E-state index < -0.39 is 0 Å². The molecule has 13 heavy (non-hydrogen) atoms. The topological polar surface area (TPSA) is 29.5 Å². The minimum Gasteiger partial charge on any atom is -0.377 e. The molecule has 0 aromatic carbocycles. The van der Waals surface area contributed by atoms with Crippen molar-refractivity contribution in [2.45, 2.75) is 33.7 Å². The van der Waals surface area contributed by atoms with Gasteiger partial charge in [0.2, 0.25) is 5.91 Å². The lowest BCUT2D eigenvalue weighted by Gasteiger charge is -2.42. The van der Waals surface area contributed by atoms with E-state index in [0.29, 0.717) is 13.2 Å². The van der Waals surface area contributed by atoms with Crippen LogP contribution in [0.4, 0.5) is 0 Å². The zero-order valence-corrected chi connectivity index (χ0v) is 8.96. The summed E-state index contributed by atoms with van der Waals surface area (Å²) >= 11 is 0. The van der Waals surface area contributed by atoms with Crippen molar-refractivity contribution in [3.05, 3.63) is 0 Å². The van der Waals surface area contributed by atoms with E-state index in [1.807, 2.05) is 4.90 Å². The van der Waals surface area contributed by atoms with Crippen LogP contribution in [0.5, 0.6) is 0 Å². The molecule has 1 heterocycles. The Bertz CT molecular complexity index is 196. The molecule has 0 aromatic rings. The van der Waals surface area contributed by atoms with E-state index in [2.05, 4.69) is 20.8 Å². The summed E-state index contributed by atoms with van der Waals surface area (Å²) in [7, 11) is 0. The van der Waals surface area contributed by atoms with Gasteiger partial charge in [-0.1, -0.05) is 20.8 Å². The maximum atomic E-state index is 11.3. The fraction of sp³-hybridized carbons (Fsp3) is 0.900. The molecule has 1 unspecified atom stereocenters. The molecule has 1 aliphatic heterocycles. The van der Waals surface area contributed by atoms with Crippen molar-refractivity contribution in [2.24, 2.45) is 5.41 Å². The van der Waals surface area contributed by atoms with Crippen LogP contribution >= 0.6 is 0 Å². The summed E-state index contributed by atoms with van der Waals surface area (Å²) in [6.07, 6.45) is 0. The summed E-state index contributed by atoms with van der Waals surface area (Å²) in [6.45, 7) is 10.1. The number of hydrogen-bond donors (Lipinski definition) is 0. The number of hydrogen-bond acceptors (Lipinski definition) is 2. The zero-order chi connectivity index (χ0) is 10.1. The minimum absolute atomic E-state index is 0.103. The van der Waals surface area contributed by atoms with E-state index in [-0.39, 0.29) is 17.4 Å². The second-order valence-corrected chi connectivity index (χ2v) is 4.67. The van der Waals surface area contributed by atoms with Gasteiger partial charge in [0, 0.05) is 13.5 Å². The summed E-state index contributed by atoms with van der Waals surface area (Å²) in [5.41, 5.74) is 0.103. The van der Waals surface area contributed by atoms with Gasteiger partial charge in [-0.05, 0) is 5.41 Å². The molecule has 3 heteroatoms. The number of rotatable bonds is 0. The maximum Gasteiger partial charge on any atom is 0.219 e. The Morgan fingerprint density at radius 1 is 1.46 bits per heavy atom. The van der Waals surface area contributed by atoms with Gasteiger partial charge in [-0.3, -0.25) is 4.79 Å². The number of carbonyl (C=O) groups is 1. The largest absolute Gasteiger partial charge is 0.377 e. The Hall–Kier alpha value is -0.570. The highest BCUT2D eigenvalue weighted by Gasteiger charge is 2.34. The Balaban J connectivity index is 2.73. The van der Waals surface area contributed by atoms with Crippen molar-refractivity contribution in [2.75, 3.05) is 19.8 Å². The Kier molecular flexibility index (Phi) is 2.96. The molecule has 1 rings (SSSR count). The maximum absolute atomic E-state index is 11.3. The van der Waals surface area contributed by atoms with Crippen LogP contribution in [0.3, 0.4) is 0 Å². The summed E-state index contributed by atoms with van der Waals surface area (Å²) in [5.74, 6) is 0.156. The average Bonchev–Trinajstić information content (AvgIpc) is 2.03. The third-order valence-corrected chi connectivity index (χ3v) is 2.53. The lowest BCUT2D eigenvalue weighted by molar-refractivity contribution is -0.142. The minimum atomic E-state index is 0.103. The monoisotopic (exact) mass is 185 g/mol. The van der Waals surface area contributed by atoms with E-state index >= 15 is 0 Å². The van der Waals surface area contributed by atoms with Gasteiger partial charge in [0.05, 0.1) is 19.3 Å². The molecule has 1 fully saturated rings. The number of amides is 1. The van der Waals surface area contributed by atoms with Crippen molar-refractivity contribution < 1.29 is 9.53 Å². The van der Waals surface area contributed by atoms with Gasteiger partial charge in [-0.2, -0.15) is 0 Å². The van der Waals surface area contributed by atoms with Gasteiger partial charge in [0.15, 0.2) is 0 Å². The lowest BCUT2D eigenvalue weighted by atomic mass is 9.85. The predicted molar refractivity (Wildman–Crippen MR) is 51.4 cm³/mol.